The number of nitrogens with two attached hydrogens (primary N) is 1. The van der Waals surface area contributed by atoms with Crippen LogP contribution in [0.4, 0.5) is 0 Å². The molecule has 0 heterocycles. The number of rotatable bonds is 6. The predicted octanol–water partition coefficient (Wildman–Crippen LogP) is 2.69. The fourth-order valence-corrected chi connectivity index (χ4v) is 2.54. The van der Waals surface area contributed by atoms with Crippen LogP contribution in [0.25, 0.3) is 0 Å². The minimum absolute atomic E-state index is 0.316. The van der Waals surface area contributed by atoms with E-state index in [1.54, 1.807) is 0 Å². The zero-order chi connectivity index (χ0) is 13.5. The topological polar surface area (TPSA) is 55.1 Å². The zero-order valence-electron chi connectivity index (χ0n) is 11.3. The van der Waals surface area contributed by atoms with Gasteiger partial charge < -0.3 is 11.1 Å². The van der Waals surface area contributed by atoms with Gasteiger partial charge in [-0.2, -0.15) is 0 Å². The molecule has 0 saturated heterocycles. The van der Waals surface area contributed by atoms with Gasteiger partial charge >= 0.3 is 0 Å². The summed E-state index contributed by atoms with van der Waals surface area (Å²) in [6.07, 6.45) is 8.36. The lowest BCUT2D eigenvalue weighted by Gasteiger charge is -2.17. The van der Waals surface area contributed by atoms with Gasteiger partial charge in [-0.1, -0.05) is 42.0 Å². The average Bonchev–Trinajstić information content (AvgIpc) is 2.45. The molecule has 0 aromatic heterocycles. The van der Waals surface area contributed by atoms with E-state index in [-0.39, 0.29) is 11.9 Å². The Balaban J connectivity index is 1.88. The first-order valence-electron chi connectivity index (χ1n) is 7.03. The van der Waals surface area contributed by atoms with E-state index in [1.165, 1.54) is 31.3 Å². The molecule has 0 spiro atoms. The molecule has 3 heteroatoms. The highest BCUT2D eigenvalue weighted by molar-refractivity contribution is 5.81. The highest BCUT2D eigenvalue weighted by Crippen LogP contribution is 2.20. The van der Waals surface area contributed by atoms with E-state index in [2.05, 4.69) is 11.4 Å². The highest BCUT2D eigenvalue weighted by Gasteiger charge is 2.16. The molecule has 102 valence electrons. The first-order valence-corrected chi connectivity index (χ1v) is 7.03. The van der Waals surface area contributed by atoms with E-state index in [9.17, 15) is 4.79 Å². The summed E-state index contributed by atoms with van der Waals surface area (Å²) in [5.74, 6) is -0.316. The van der Waals surface area contributed by atoms with Crippen LogP contribution in [-0.4, -0.2) is 12.5 Å². The molecule has 1 aliphatic rings. The van der Waals surface area contributed by atoms with Crippen LogP contribution in [0.2, 0.25) is 0 Å². The van der Waals surface area contributed by atoms with Crippen molar-refractivity contribution in [3.63, 3.8) is 0 Å². The van der Waals surface area contributed by atoms with E-state index in [1.807, 2.05) is 30.3 Å². The van der Waals surface area contributed by atoms with Gasteiger partial charge in [-0.25, -0.2) is 0 Å². The third-order valence-electron chi connectivity index (χ3n) is 3.60. The lowest BCUT2D eigenvalue weighted by atomic mass is 9.97. The fourth-order valence-electron chi connectivity index (χ4n) is 2.54. The molecule has 1 amide bonds. The zero-order valence-corrected chi connectivity index (χ0v) is 11.3. The van der Waals surface area contributed by atoms with Crippen LogP contribution < -0.4 is 11.1 Å². The van der Waals surface area contributed by atoms with Crippen molar-refractivity contribution in [3.8, 4) is 0 Å². The Bertz CT molecular complexity index is 439. The third kappa shape index (κ3) is 4.21. The van der Waals surface area contributed by atoms with Crippen molar-refractivity contribution in [1.82, 2.24) is 5.32 Å². The standard InChI is InChI=1S/C16H22N2O/c17-16(19)15(14-9-5-2-6-10-14)18-12-11-13-7-3-1-4-8-13/h2,5-7,9-10,15,18H,1,3-4,8,11-12H2,(H2,17,19)/t15-/m0/s1. The molecule has 2 rings (SSSR count). The molecule has 1 aliphatic carbocycles. The SMILES string of the molecule is NC(=O)[C@@H](NCCC1=CCCCC1)c1ccccc1. The van der Waals surface area contributed by atoms with Crippen molar-refractivity contribution in [2.45, 2.75) is 38.1 Å². The Morgan fingerprint density at radius 3 is 2.68 bits per heavy atom. The van der Waals surface area contributed by atoms with Crippen molar-refractivity contribution in [2.24, 2.45) is 5.73 Å². The minimum atomic E-state index is -0.384. The summed E-state index contributed by atoms with van der Waals surface area (Å²) in [4.78, 5) is 11.5. The van der Waals surface area contributed by atoms with Crippen molar-refractivity contribution in [2.75, 3.05) is 6.54 Å². The van der Waals surface area contributed by atoms with Gasteiger partial charge in [0, 0.05) is 0 Å². The molecule has 19 heavy (non-hydrogen) atoms. The van der Waals surface area contributed by atoms with E-state index in [0.29, 0.717) is 0 Å². The number of hydrogen-bond donors (Lipinski definition) is 2. The van der Waals surface area contributed by atoms with E-state index < -0.39 is 0 Å². The molecule has 0 aliphatic heterocycles. The maximum atomic E-state index is 11.5. The van der Waals surface area contributed by atoms with Gasteiger partial charge in [0.05, 0.1) is 0 Å². The Labute approximate surface area is 114 Å². The lowest BCUT2D eigenvalue weighted by molar-refractivity contribution is -0.120. The van der Waals surface area contributed by atoms with Crippen LogP contribution in [0.3, 0.4) is 0 Å². The Kier molecular flexibility index (Phi) is 5.16. The largest absolute Gasteiger partial charge is 0.368 e. The molecule has 0 fully saturated rings. The molecule has 1 atom stereocenters. The third-order valence-corrected chi connectivity index (χ3v) is 3.60. The summed E-state index contributed by atoms with van der Waals surface area (Å²) in [7, 11) is 0. The summed E-state index contributed by atoms with van der Waals surface area (Å²) in [5, 5.41) is 3.27. The van der Waals surface area contributed by atoms with Crippen LogP contribution in [0.15, 0.2) is 42.0 Å². The number of amides is 1. The number of carbonyl (C=O) groups is 1. The van der Waals surface area contributed by atoms with Crippen molar-refractivity contribution < 1.29 is 4.79 Å². The summed E-state index contributed by atoms with van der Waals surface area (Å²) in [5.41, 5.74) is 7.92. The van der Waals surface area contributed by atoms with Crippen molar-refractivity contribution in [3.05, 3.63) is 47.5 Å². The second-order valence-electron chi connectivity index (χ2n) is 5.06. The fraction of sp³-hybridized carbons (Fsp3) is 0.438. The van der Waals surface area contributed by atoms with Crippen LogP contribution in [-0.2, 0) is 4.79 Å². The number of primary amides is 1. The van der Waals surface area contributed by atoms with Gasteiger partial charge in [-0.3, -0.25) is 4.79 Å². The second-order valence-corrected chi connectivity index (χ2v) is 5.06. The molecule has 3 N–H and O–H groups in total. The second kappa shape index (κ2) is 7.10. The Morgan fingerprint density at radius 1 is 1.26 bits per heavy atom. The summed E-state index contributed by atoms with van der Waals surface area (Å²) in [6, 6.07) is 9.28. The normalized spacial score (nSPS) is 16.7. The summed E-state index contributed by atoms with van der Waals surface area (Å²) >= 11 is 0. The highest BCUT2D eigenvalue weighted by atomic mass is 16.1. The molecule has 0 radical (unpaired) electrons. The number of hydrogen-bond acceptors (Lipinski definition) is 2. The van der Waals surface area contributed by atoms with Gasteiger partial charge in [-0.15, -0.1) is 0 Å². The van der Waals surface area contributed by atoms with Crippen molar-refractivity contribution in [1.29, 1.82) is 0 Å². The van der Waals surface area contributed by atoms with E-state index in [4.69, 9.17) is 5.73 Å². The van der Waals surface area contributed by atoms with Crippen LogP contribution in [0.5, 0.6) is 0 Å². The Morgan fingerprint density at radius 2 is 2.05 bits per heavy atom. The van der Waals surface area contributed by atoms with E-state index in [0.717, 1.165) is 18.5 Å². The van der Waals surface area contributed by atoms with Crippen LogP contribution in [0, 0.1) is 0 Å². The number of carbonyl (C=O) groups excluding carboxylic acids is 1. The first-order chi connectivity index (χ1) is 9.27. The molecule has 1 aromatic carbocycles. The summed E-state index contributed by atoms with van der Waals surface area (Å²) < 4.78 is 0. The smallest absolute Gasteiger partial charge is 0.239 e. The number of nitrogens with one attached hydrogen (secondary N) is 1. The molecular formula is C16H22N2O. The molecule has 3 nitrogen and oxygen atoms in total. The predicted molar refractivity (Wildman–Crippen MR) is 77.5 cm³/mol. The molecule has 0 bridgehead atoms. The van der Waals surface area contributed by atoms with Crippen LogP contribution >= 0.6 is 0 Å². The maximum absolute atomic E-state index is 11.5. The van der Waals surface area contributed by atoms with E-state index >= 15 is 0 Å². The quantitative estimate of drug-likeness (QED) is 0.771. The van der Waals surface area contributed by atoms with Gasteiger partial charge in [0.15, 0.2) is 0 Å². The molecule has 0 unspecified atom stereocenters. The molecule has 1 aromatic rings. The van der Waals surface area contributed by atoms with Gasteiger partial charge in [-0.05, 0) is 44.2 Å². The van der Waals surface area contributed by atoms with Crippen LogP contribution in [0.1, 0.15) is 43.7 Å². The maximum Gasteiger partial charge on any atom is 0.239 e. The van der Waals surface area contributed by atoms with Crippen molar-refractivity contribution >= 4 is 5.91 Å². The van der Waals surface area contributed by atoms with Gasteiger partial charge in [0.25, 0.3) is 0 Å². The monoisotopic (exact) mass is 258 g/mol. The first kappa shape index (κ1) is 13.8. The summed E-state index contributed by atoms with van der Waals surface area (Å²) in [6.45, 7) is 0.800. The van der Waals surface area contributed by atoms with Gasteiger partial charge in [0.1, 0.15) is 6.04 Å². The lowest BCUT2D eigenvalue weighted by Crippen LogP contribution is -2.34. The number of allylic oxidation sites excluding steroid dienone is 1. The minimum Gasteiger partial charge on any atom is -0.368 e. The molecular weight excluding hydrogens is 236 g/mol. The van der Waals surface area contributed by atoms with Gasteiger partial charge in [0.2, 0.25) is 5.91 Å². The molecule has 0 saturated carbocycles. The Hall–Kier alpha value is -1.61. The number of benzene rings is 1. The average molecular weight is 258 g/mol.